The van der Waals surface area contributed by atoms with E-state index in [0.717, 1.165) is 50.5 Å². The first-order valence-electron chi connectivity index (χ1n) is 9.12. The lowest BCUT2D eigenvalue weighted by Gasteiger charge is -2.34. The monoisotopic (exact) mass is 314 g/mol. The van der Waals surface area contributed by atoms with Crippen LogP contribution in [0.15, 0.2) is 34.0 Å². The summed E-state index contributed by atoms with van der Waals surface area (Å²) >= 11 is 0. The third kappa shape index (κ3) is 3.92. The molecule has 0 N–H and O–H groups in total. The summed E-state index contributed by atoms with van der Waals surface area (Å²) < 4.78 is 0. The first-order chi connectivity index (χ1) is 11.2. The molecule has 1 saturated carbocycles. The maximum atomic E-state index is 5.14. The van der Waals surface area contributed by atoms with Crippen LogP contribution in [0.5, 0.6) is 0 Å². The third-order valence-corrected chi connectivity index (χ3v) is 5.40. The molecule has 126 valence electrons. The van der Waals surface area contributed by atoms with Gasteiger partial charge in [0.2, 0.25) is 0 Å². The molecule has 2 aliphatic heterocycles. The van der Waals surface area contributed by atoms with Gasteiger partial charge in [-0.3, -0.25) is 9.89 Å². The largest absolute Gasteiger partial charge is 0.360 e. The molecule has 0 atom stereocenters. The molecule has 4 nitrogen and oxygen atoms in total. The van der Waals surface area contributed by atoms with Crippen molar-refractivity contribution in [2.45, 2.75) is 39.0 Å². The Hall–Kier alpha value is -1.42. The van der Waals surface area contributed by atoms with Crippen LogP contribution in [0.4, 0.5) is 0 Å². The minimum absolute atomic E-state index is 0.672. The van der Waals surface area contributed by atoms with Crippen LogP contribution in [0.1, 0.15) is 39.0 Å². The number of hydrogen-bond donors (Lipinski definition) is 0. The molecule has 0 aromatic heterocycles. The third-order valence-electron chi connectivity index (χ3n) is 5.40. The highest BCUT2D eigenvalue weighted by Gasteiger charge is 2.33. The average molecular weight is 314 g/mol. The van der Waals surface area contributed by atoms with Crippen molar-refractivity contribution in [2.24, 2.45) is 21.8 Å². The van der Waals surface area contributed by atoms with E-state index in [1.54, 1.807) is 0 Å². The van der Waals surface area contributed by atoms with E-state index in [2.05, 4.69) is 41.1 Å². The van der Waals surface area contributed by atoms with E-state index in [0.29, 0.717) is 11.8 Å². The zero-order valence-electron chi connectivity index (χ0n) is 14.5. The Morgan fingerprint density at radius 1 is 1.17 bits per heavy atom. The molecule has 2 fully saturated rings. The lowest BCUT2D eigenvalue weighted by Crippen LogP contribution is -2.40. The van der Waals surface area contributed by atoms with Gasteiger partial charge in [-0.2, -0.15) is 0 Å². The second-order valence-corrected chi connectivity index (χ2v) is 6.97. The fraction of sp³-hybridized carbons (Fsp3) is 0.684. The van der Waals surface area contributed by atoms with Gasteiger partial charge in [0.25, 0.3) is 0 Å². The molecule has 1 aliphatic carbocycles. The van der Waals surface area contributed by atoms with Gasteiger partial charge in [-0.15, -0.1) is 6.58 Å². The Morgan fingerprint density at radius 2 is 1.91 bits per heavy atom. The van der Waals surface area contributed by atoms with E-state index >= 15 is 0 Å². The van der Waals surface area contributed by atoms with Gasteiger partial charge in [0.05, 0.1) is 11.4 Å². The molecule has 23 heavy (non-hydrogen) atoms. The van der Waals surface area contributed by atoms with Gasteiger partial charge >= 0.3 is 0 Å². The molecule has 0 spiro atoms. The summed E-state index contributed by atoms with van der Waals surface area (Å²) in [5.74, 6) is 2.68. The van der Waals surface area contributed by atoms with Crippen LogP contribution in [-0.4, -0.2) is 55.1 Å². The topological polar surface area (TPSA) is 31.2 Å². The Morgan fingerprint density at radius 3 is 2.48 bits per heavy atom. The van der Waals surface area contributed by atoms with Gasteiger partial charge in [0.15, 0.2) is 0 Å². The summed E-state index contributed by atoms with van der Waals surface area (Å²) in [6.07, 6.45) is 8.11. The van der Waals surface area contributed by atoms with Gasteiger partial charge in [-0.1, -0.05) is 13.0 Å². The minimum atomic E-state index is 0.672. The Balaban J connectivity index is 1.79. The second kappa shape index (κ2) is 7.43. The highest BCUT2D eigenvalue weighted by atomic mass is 15.2. The second-order valence-electron chi connectivity index (χ2n) is 6.97. The van der Waals surface area contributed by atoms with Crippen molar-refractivity contribution in [3.05, 3.63) is 24.0 Å². The van der Waals surface area contributed by atoms with Crippen molar-refractivity contribution in [3.8, 4) is 0 Å². The molecule has 0 bridgehead atoms. The smallest absolute Gasteiger partial charge is 0.108 e. The van der Waals surface area contributed by atoms with Crippen LogP contribution >= 0.6 is 0 Å². The maximum Gasteiger partial charge on any atom is 0.108 e. The average Bonchev–Trinajstić information content (AvgIpc) is 3.44. The number of likely N-dealkylation sites (N-methyl/N-ethyl adjacent to an activating group) is 1. The number of nitrogens with zero attached hydrogens (tertiary/aromatic N) is 4. The maximum absolute atomic E-state index is 5.14. The van der Waals surface area contributed by atoms with Crippen molar-refractivity contribution in [2.75, 3.05) is 32.7 Å². The van der Waals surface area contributed by atoms with E-state index in [4.69, 9.17) is 4.99 Å². The van der Waals surface area contributed by atoms with Crippen LogP contribution in [0.3, 0.4) is 0 Å². The standard InChI is InChI=1S/C19H30N4/c1-4-15-8-12-23(13-9-15)19(16-6-7-16)21-18-14-22(5-2)11-10-17(18)20-3/h4,15-16H,1,3,5-14H2,2H3/b21-19+. The molecule has 2 heterocycles. The Kier molecular flexibility index (Phi) is 5.31. The fourth-order valence-corrected chi connectivity index (χ4v) is 3.59. The predicted molar refractivity (Wildman–Crippen MR) is 98.0 cm³/mol. The number of aliphatic imine (C=N–C) groups is 2. The van der Waals surface area contributed by atoms with Gasteiger partial charge in [0, 0.05) is 38.5 Å². The number of piperidine rings is 1. The first-order valence-corrected chi connectivity index (χ1v) is 9.12. The molecular weight excluding hydrogens is 284 g/mol. The van der Waals surface area contributed by atoms with Gasteiger partial charge in [-0.25, -0.2) is 4.99 Å². The Labute approximate surface area is 140 Å². The molecular formula is C19H30N4. The van der Waals surface area contributed by atoms with E-state index < -0.39 is 0 Å². The molecule has 3 rings (SSSR count). The van der Waals surface area contributed by atoms with Crippen molar-refractivity contribution >= 4 is 12.6 Å². The number of likely N-dealkylation sites (tertiary alicyclic amines) is 1. The molecule has 0 aromatic carbocycles. The van der Waals surface area contributed by atoms with Crippen LogP contribution in [-0.2, 0) is 0 Å². The van der Waals surface area contributed by atoms with Crippen LogP contribution in [0.25, 0.3) is 0 Å². The van der Waals surface area contributed by atoms with Gasteiger partial charge in [0.1, 0.15) is 5.84 Å². The molecule has 1 saturated heterocycles. The van der Waals surface area contributed by atoms with Crippen molar-refractivity contribution < 1.29 is 0 Å². The molecule has 0 aromatic rings. The van der Waals surface area contributed by atoms with E-state index in [1.165, 1.54) is 31.5 Å². The van der Waals surface area contributed by atoms with Gasteiger partial charge < -0.3 is 4.90 Å². The molecule has 4 heteroatoms. The predicted octanol–water partition coefficient (Wildman–Crippen LogP) is 3.33. The van der Waals surface area contributed by atoms with Crippen LogP contribution < -0.4 is 0 Å². The van der Waals surface area contributed by atoms with Crippen LogP contribution in [0, 0.1) is 11.8 Å². The fourth-order valence-electron chi connectivity index (χ4n) is 3.59. The lowest BCUT2D eigenvalue weighted by atomic mass is 9.97. The quantitative estimate of drug-likeness (QED) is 0.443. The highest BCUT2D eigenvalue weighted by Crippen LogP contribution is 2.35. The summed E-state index contributed by atoms with van der Waals surface area (Å²) in [5, 5.41) is 0. The summed E-state index contributed by atoms with van der Waals surface area (Å²) in [6.45, 7) is 15.2. The lowest BCUT2D eigenvalue weighted by molar-refractivity contribution is 0.287. The van der Waals surface area contributed by atoms with E-state index in [-0.39, 0.29) is 0 Å². The minimum Gasteiger partial charge on any atom is -0.360 e. The number of hydrogen-bond acceptors (Lipinski definition) is 3. The SMILES string of the molecule is C=CC1CCN(/C(=N/C2=C(N=C)CCN(CC)C2)C2CC2)CC1. The van der Waals surface area contributed by atoms with Crippen molar-refractivity contribution in [1.82, 2.24) is 9.80 Å². The summed E-state index contributed by atoms with van der Waals surface area (Å²) in [4.78, 5) is 14.4. The normalized spacial score (nSPS) is 24.9. The summed E-state index contributed by atoms with van der Waals surface area (Å²) in [5.41, 5.74) is 2.26. The number of rotatable bonds is 5. The van der Waals surface area contributed by atoms with Crippen molar-refractivity contribution in [1.29, 1.82) is 0 Å². The zero-order chi connectivity index (χ0) is 16.2. The highest BCUT2D eigenvalue weighted by molar-refractivity contribution is 5.87. The van der Waals surface area contributed by atoms with Crippen molar-refractivity contribution in [3.63, 3.8) is 0 Å². The Bertz CT molecular complexity index is 507. The van der Waals surface area contributed by atoms with Gasteiger partial charge in [-0.05, 0) is 44.9 Å². The van der Waals surface area contributed by atoms with E-state index in [9.17, 15) is 0 Å². The zero-order valence-corrected chi connectivity index (χ0v) is 14.5. The number of amidine groups is 1. The first kappa shape index (κ1) is 16.4. The molecule has 0 radical (unpaired) electrons. The van der Waals surface area contributed by atoms with Crippen LogP contribution in [0.2, 0.25) is 0 Å². The molecule has 0 amide bonds. The van der Waals surface area contributed by atoms with E-state index in [1.807, 2.05) is 0 Å². The summed E-state index contributed by atoms with van der Waals surface area (Å²) in [6, 6.07) is 0. The molecule has 0 unspecified atom stereocenters. The molecule has 3 aliphatic rings. The number of allylic oxidation sites excluding steroid dienone is 1. The summed E-state index contributed by atoms with van der Waals surface area (Å²) in [7, 11) is 0.